The van der Waals surface area contributed by atoms with Crippen molar-refractivity contribution in [3.05, 3.63) is 34.8 Å². The minimum Gasteiger partial charge on any atom is -0.480 e. The molecule has 0 saturated carbocycles. The van der Waals surface area contributed by atoms with Crippen LogP contribution in [0, 0.1) is 13.8 Å². The van der Waals surface area contributed by atoms with Crippen molar-refractivity contribution in [2.45, 2.75) is 13.8 Å². The lowest BCUT2D eigenvalue weighted by Crippen LogP contribution is -2.34. The van der Waals surface area contributed by atoms with Gasteiger partial charge in [-0.15, -0.1) is 11.3 Å². The lowest BCUT2D eigenvalue weighted by Gasteiger charge is -2.23. The Bertz CT molecular complexity index is 695. The number of thiazole rings is 1. The number of hydrogen-bond acceptors (Lipinski definition) is 5. The molecular weight excluding hydrogens is 304 g/mol. The molecule has 1 aromatic heterocycles. The summed E-state index contributed by atoms with van der Waals surface area (Å²) in [6, 6.07) is 5.47. The molecule has 0 aliphatic carbocycles. The highest BCUT2D eigenvalue weighted by Gasteiger charge is 2.17. The van der Waals surface area contributed by atoms with Crippen molar-refractivity contribution in [2.75, 3.05) is 18.0 Å². The van der Waals surface area contributed by atoms with Gasteiger partial charge in [-0.2, -0.15) is 0 Å². The summed E-state index contributed by atoms with van der Waals surface area (Å²) < 4.78 is 0. The van der Waals surface area contributed by atoms with Gasteiger partial charge in [0.15, 0.2) is 0 Å². The fourth-order valence-corrected chi connectivity index (χ4v) is 2.94. The largest absolute Gasteiger partial charge is 0.480 e. The van der Waals surface area contributed by atoms with E-state index in [2.05, 4.69) is 4.98 Å². The molecule has 2 rings (SSSR count). The zero-order chi connectivity index (χ0) is 16.3. The van der Waals surface area contributed by atoms with Crippen molar-refractivity contribution < 1.29 is 19.8 Å². The molecule has 0 bridgehead atoms. The third-order valence-corrected chi connectivity index (χ3v) is 4.02. The molecule has 2 N–H and O–H groups in total. The van der Waals surface area contributed by atoms with Crippen LogP contribution in [-0.4, -0.2) is 40.2 Å². The minimum atomic E-state index is -1.07. The summed E-state index contributed by atoms with van der Waals surface area (Å²) in [4.78, 5) is 28.6. The number of aryl methyl sites for hydroxylation is 2. The number of carboxylic acids is 2. The number of rotatable bonds is 6. The maximum absolute atomic E-state index is 10.9. The predicted octanol–water partition coefficient (Wildman–Crippen LogP) is 2.40. The first-order valence-corrected chi connectivity index (χ1v) is 7.40. The Morgan fingerprint density at radius 3 is 2.27 bits per heavy atom. The smallest absolute Gasteiger partial charge is 0.323 e. The minimum absolute atomic E-state index is 0.358. The van der Waals surface area contributed by atoms with E-state index >= 15 is 0 Å². The zero-order valence-electron chi connectivity index (χ0n) is 12.2. The first-order valence-electron chi connectivity index (χ1n) is 6.59. The third kappa shape index (κ3) is 3.82. The highest BCUT2D eigenvalue weighted by Crippen LogP contribution is 2.29. The van der Waals surface area contributed by atoms with Crippen molar-refractivity contribution in [3.63, 3.8) is 0 Å². The Balaban J connectivity index is 2.33. The number of hydrogen-bond donors (Lipinski definition) is 2. The molecule has 0 spiro atoms. The van der Waals surface area contributed by atoms with Crippen LogP contribution in [0.2, 0.25) is 0 Å². The van der Waals surface area contributed by atoms with Gasteiger partial charge in [0.25, 0.3) is 0 Å². The summed E-state index contributed by atoms with van der Waals surface area (Å²) in [5, 5.41) is 18.8. The van der Waals surface area contributed by atoms with Gasteiger partial charge >= 0.3 is 11.9 Å². The summed E-state index contributed by atoms with van der Waals surface area (Å²) in [7, 11) is 0. The number of aromatic nitrogens is 1. The number of aliphatic carboxylic acids is 2. The fourth-order valence-electron chi connectivity index (χ4n) is 2.18. The van der Waals surface area contributed by atoms with E-state index in [0.29, 0.717) is 5.69 Å². The standard InChI is InChI=1S/C15H16N2O4S/c1-9-5-11(15-16-6-10(2)22-15)3-4-12(9)17(7-13(18)19)8-14(20)21/h3-6H,7-8H2,1-2H3,(H,18,19)(H,20,21). The topological polar surface area (TPSA) is 90.7 Å². The maximum Gasteiger partial charge on any atom is 0.323 e. The predicted molar refractivity (Wildman–Crippen MR) is 84.5 cm³/mol. The summed E-state index contributed by atoms with van der Waals surface area (Å²) in [5.74, 6) is -2.14. The Hall–Kier alpha value is -2.41. The first kappa shape index (κ1) is 16.0. The van der Waals surface area contributed by atoms with E-state index in [1.807, 2.05) is 26.0 Å². The Labute approximate surface area is 131 Å². The van der Waals surface area contributed by atoms with E-state index in [9.17, 15) is 9.59 Å². The van der Waals surface area contributed by atoms with Crippen molar-refractivity contribution in [3.8, 4) is 10.6 Å². The number of benzene rings is 1. The third-order valence-electron chi connectivity index (χ3n) is 3.06. The van der Waals surface area contributed by atoms with Crippen LogP contribution in [0.4, 0.5) is 5.69 Å². The summed E-state index contributed by atoms with van der Waals surface area (Å²) >= 11 is 1.57. The SMILES string of the molecule is Cc1cnc(-c2ccc(N(CC(=O)O)CC(=O)O)c(C)c2)s1. The van der Waals surface area contributed by atoms with Crippen molar-refractivity contribution in [2.24, 2.45) is 0 Å². The number of carbonyl (C=O) groups is 2. The van der Waals surface area contributed by atoms with E-state index in [4.69, 9.17) is 10.2 Å². The van der Waals surface area contributed by atoms with Crippen molar-refractivity contribution >= 4 is 29.0 Å². The fraction of sp³-hybridized carbons (Fsp3) is 0.267. The molecule has 0 aliphatic rings. The van der Waals surface area contributed by atoms with Crippen molar-refractivity contribution in [1.82, 2.24) is 4.98 Å². The Morgan fingerprint density at radius 2 is 1.82 bits per heavy atom. The van der Waals surface area contributed by atoms with Crippen LogP contribution in [0.1, 0.15) is 10.4 Å². The van der Waals surface area contributed by atoms with Gasteiger partial charge in [-0.3, -0.25) is 9.59 Å². The van der Waals surface area contributed by atoms with Gasteiger partial charge in [-0.1, -0.05) is 0 Å². The molecule has 0 amide bonds. The summed E-state index contributed by atoms with van der Waals surface area (Å²) in [5.41, 5.74) is 2.35. The molecule has 22 heavy (non-hydrogen) atoms. The molecule has 1 heterocycles. The molecule has 0 radical (unpaired) electrons. The average molecular weight is 320 g/mol. The van der Waals surface area contributed by atoms with Crippen molar-refractivity contribution in [1.29, 1.82) is 0 Å². The van der Waals surface area contributed by atoms with E-state index in [0.717, 1.165) is 21.0 Å². The Morgan fingerprint density at radius 1 is 1.18 bits per heavy atom. The van der Waals surface area contributed by atoms with Gasteiger partial charge in [-0.25, -0.2) is 4.98 Å². The molecule has 6 nitrogen and oxygen atoms in total. The molecule has 116 valence electrons. The average Bonchev–Trinajstić information content (AvgIpc) is 2.83. The van der Waals surface area contributed by atoms with E-state index in [-0.39, 0.29) is 13.1 Å². The van der Waals surface area contributed by atoms with Crippen LogP contribution in [0.3, 0.4) is 0 Å². The zero-order valence-corrected chi connectivity index (χ0v) is 13.1. The normalized spacial score (nSPS) is 10.5. The summed E-state index contributed by atoms with van der Waals surface area (Å²) in [6.45, 7) is 3.09. The van der Waals surface area contributed by atoms with Gasteiger partial charge < -0.3 is 15.1 Å². The van der Waals surface area contributed by atoms with Crippen LogP contribution in [0.15, 0.2) is 24.4 Å². The monoisotopic (exact) mass is 320 g/mol. The molecule has 0 saturated heterocycles. The van der Waals surface area contributed by atoms with Gasteiger partial charge in [-0.05, 0) is 37.6 Å². The molecule has 0 unspecified atom stereocenters. The highest BCUT2D eigenvalue weighted by atomic mass is 32.1. The second-order valence-electron chi connectivity index (χ2n) is 4.92. The molecular formula is C15H16N2O4S. The molecule has 2 aromatic rings. The number of carboxylic acid groups (broad SMARTS) is 2. The second-order valence-corrected chi connectivity index (χ2v) is 6.16. The van der Waals surface area contributed by atoms with E-state index in [1.165, 1.54) is 4.90 Å². The van der Waals surface area contributed by atoms with Gasteiger partial charge in [0.2, 0.25) is 0 Å². The van der Waals surface area contributed by atoms with Gasteiger partial charge in [0.1, 0.15) is 18.1 Å². The molecule has 0 fully saturated rings. The lowest BCUT2D eigenvalue weighted by atomic mass is 10.1. The van der Waals surface area contributed by atoms with E-state index in [1.54, 1.807) is 23.6 Å². The van der Waals surface area contributed by atoms with Crippen LogP contribution in [0.25, 0.3) is 10.6 Å². The molecule has 7 heteroatoms. The Kier molecular flexibility index (Phi) is 4.77. The number of anilines is 1. The van der Waals surface area contributed by atoms with Crippen LogP contribution >= 0.6 is 11.3 Å². The second kappa shape index (κ2) is 6.57. The molecule has 0 aliphatic heterocycles. The van der Waals surface area contributed by atoms with Gasteiger partial charge in [0, 0.05) is 22.3 Å². The molecule has 0 atom stereocenters. The van der Waals surface area contributed by atoms with Crippen LogP contribution in [-0.2, 0) is 9.59 Å². The highest BCUT2D eigenvalue weighted by molar-refractivity contribution is 7.14. The molecule has 1 aromatic carbocycles. The van der Waals surface area contributed by atoms with Crippen LogP contribution < -0.4 is 4.90 Å². The lowest BCUT2D eigenvalue weighted by molar-refractivity contribution is -0.136. The summed E-state index contributed by atoms with van der Waals surface area (Å²) in [6.07, 6.45) is 1.80. The van der Waals surface area contributed by atoms with E-state index < -0.39 is 11.9 Å². The van der Waals surface area contributed by atoms with Crippen LogP contribution in [0.5, 0.6) is 0 Å². The first-order chi connectivity index (χ1) is 10.4. The van der Waals surface area contributed by atoms with Gasteiger partial charge in [0.05, 0.1) is 0 Å². The maximum atomic E-state index is 10.9. The number of nitrogens with zero attached hydrogens (tertiary/aromatic N) is 2. The quantitative estimate of drug-likeness (QED) is 0.849.